The summed E-state index contributed by atoms with van der Waals surface area (Å²) >= 11 is 5.91. The number of halogens is 1. The van der Waals surface area contributed by atoms with E-state index in [1.807, 2.05) is 0 Å². The van der Waals surface area contributed by atoms with Crippen LogP contribution in [-0.4, -0.2) is 33.2 Å². The zero-order valence-corrected chi connectivity index (χ0v) is 20.6. The molecule has 178 valence electrons. The Labute approximate surface area is 204 Å². The van der Waals surface area contributed by atoms with E-state index >= 15 is 0 Å². The van der Waals surface area contributed by atoms with Gasteiger partial charge in [0, 0.05) is 16.3 Å². The lowest BCUT2D eigenvalue weighted by atomic mass is 10.1. The predicted octanol–water partition coefficient (Wildman–Crippen LogP) is 5.04. The van der Waals surface area contributed by atoms with E-state index in [9.17, 15) is 18.0 Å². The predicted molar refractivity (Wildman–Crippen MR) is 134 cm³/mol. The molecule has 3 aromatic rings. The topological polar surface area (TPSA) is 92.8 Å². The largest absolute Gasteiger partial charge is 0.462 e. The van der Waals surface area contributed by atoms with E-state index in [0.717, 1.165) is 11.8 Å². The highest BCUT2D eigenvalue weighted by Crippen LogP contribution is 2.23. The Balaban J connectivity index is 1.76. The molecule has 0 fully saturated rings. The van der Waals surface area contributed by atoms with Gasteiger partial charge in [0.2, 0.25) is 10.0 Å². The maximum absolute atomic E-state index is 12.7. The van der Waals surface area contributed by atoms with Crippen molar-refractivity contribution in [3.63, 3.8) is 0 Å². The first-order chi connectivity index (χ1) is 16.1. The molecule has 0 unspecified atom stereocenters. The van der Waals surface area contributed by atoms with Gasteiger partial charge in [-0.15, -0.1) is 0 Å². The second-order valence-corrected chi connectivity index (χ2v) is 9.99. The smallest absolute Gasteiger partial charge is 0.338 e. The number of hydrogen-bond donors (Lipinski definition) is 1. The number of amides is 1. The van der Waals surface area contributed by atoms with Crippen LogP contribution in [0, 0.1) is 6.92 Å². The Morgan fingerprint density at radius 3 is 2.15 bits per heavy atom. The molecule has 0 saturated carbocycles. The van der Waals surface area contributed by atoms with Crippen molar-refractivity contribution in [3.8, 4) is 0 Å². The van der Waals surface area contributed by atoms with Gasteiger partial charge in [0.05, 0.1) is 30.7 Å². The van der Waals surface area contributed by atoms with Crippen molar-refractivity contribution >= 4 is 44.9 Å². The summed E-state index contributed by atoms with van der Waals surface area (Å²) in [5.74, 6) is -0.782. The molecule has 34 heavy (non-hydrogen) atoms. The van der Waals surface area contributed by atoms with Gasteiger partial charge >= 0.3 is 5.97 Å². The van der Waals surface area contributed by atoms with Crippen LogP contribution in [0.1, 0.15) is 38.8 Å². The normalized spacial score (nSPS) is 11.1. The van der Waals surface area contributed by atoms with Crippen molar-refractivity contribution in [1.82, 2.24) is 0 Å². The molecule has 0 spiro atoms. The highest BCUT2D eigenvalue weighted by atomic mass is 35.5. The Morgan fingerprint density at radius 2 is 1.59 bits per heavy atom. The first kappa shape index (κ1) is 25.3. The van der Waals surface area contributed by atoms with Crippen molar-refractivity contribution < 1.29 is 22.7 Å². The van der Waals surface area contributed by atoms with E-state index < -0.39 is 16.0 Å². The van der Waals surface area contributed by atoms with Crippen LogP contribution in [0.3, 0.4) is 0 Å². The molecule has 0 aliphatic rings. The second kappa shape index (κ2) is 10.7. The number of carbonyl (C=O) groups is 2. The second-order valence-electron chi connectivity index (χ2n) is 7.65. The van der Waals surface area contributed by atoms with Crippen molar-refractivity contribution in [3.05, 3.63) is 94.0 Å². The summed E-state index contributed by atoms with van der Waals surface area (Å²) in [5.41, 5.74) is 3.24. The summed E-state index contributed by atoms with van der Waals surface area (Å²) in [4.78, 5) is 24.6. The number of ether oxygens (including phenoxy) is 1. The summed E-state index contributed by atoms with van der Waals surface area (Å²) in [6.07, 6.45) is 1.13. The molecule has 1 amide bonds. The molecule has 0 bridgehead atoms. The van der Waals surface area contributed by atoms with Gasteiger partial charge in [-0.3, -0.25) is 9.10 Å². The number of sulfonamides is 1. The number of nitrogens with one attached hydrogen (secondary N) is 1. The van der Waals surface area contributed by atoms with Gasteiger partial charge in [0.25, 0.3) is 5.91 Å². The van der Waals surface area contributed by atoms with E-state index in [0.29, 0.717) is 33.1 Å². The molecule has 0 heterocycles. The van der Waals surface area contributed by atoms with Crippen LogP contribution in [0.5, 0.6) is 0 Å². The number of esters is 1. The van der Waals surface area contributed by atoms with Crippen LogP contribution in [0.25, 0.3) is 0 Å². The van der Waals surface area contributed by atoms with Crippen molar-refractivity contribution in [2.45, 2.75) is 20.4 Å². The average Bonchev–Trinajstić information content (AvgIpc) is 2.79. The molecule has 0 saturated heterocycles. The van der Waals surface area contributed by atoms with Crippen molar-refractivity contribution in [2.75, 3.05) is 22.5 Å². The minimum atomic E-state index is -3.57. The van der Waals surface area contributed by atoms with Gasteiger partial charge in [-0.05, 0) is 79.6 Å². The van der Waals surface area contributed by atoms with Crippen LogP contribution in [-0.2, 0) is 21.3 Å². The third kappa shape index (κ3) is 6.36. The van der Waals surface area contributed by atoms with Crippen LogP contribution < -0.4 is 9.62 Å². The summed E-state index contributed by atoms with van der Waals surface area (Å²) in [6.45, 7) is 3.93. The first-order valence-electron chi connectivity index (χ1n) is 10.5. The molecule has 0 atom stereocenters. The van der Waals surface area contributed by atoms with Crippen molar-refractivity contribution in [1.29, 1.82) is 0 Å². The van der Waals surface area contributed by atoms with Gasteiger partial charge in [0.1, 0.15) is 0 Å². The van der Waals surface area contributed by atoms with Crippen LogP contribution in [0.15, 0.2) is 66.7 Å². The quantitative estimate of drug-likeness (QED) is 0.437. The number of benzene rings is 3. The molecule has 1 N–H and O–H groups in total. The average molecular weight is 501 g/mol. The van der Waals surface area contributed by atoms with Gasteiger partial charge < -0.3 is 10.1 Å². The maximum Gasteiger partial charge on any atom is 0.338 e. The fraction of sp³-hybridized carbons (Fsp3) is 0.200. The first-order valence-corrected chi connectivity index (χ1v) is 12.7. The Bertz CT molecular complexity index is 1290. The van der Waals surface area contributed by atoms with E-state index in [2.05, 4.69) is 5.32 Å². The third-order valence-corrected chi connectivity index (χ3v) is 6.44. The standard InChI is InChI=1S/C25H25ClN2O5S/c1-4-33-25(30)20-9-14-23(17(2)15-20)27-24(29)19-7-12-22(13-8-19)28(34(3,31)32)16-18-5-10-21(26)11-6-18/h5-15H,4,16H2,1-3H3,(H,27,29). The van der Waals surface area contributed by atoms with Gasteiger partial charge in [-0.2, -0.15) is 0 Å². The zero-order valence-electron chi connectivity index (χ0n) is 19.0. The lowest BCUT2D eigenvalue weighted by Crippen LogP contribution is -2.29. The zero-order chi connectivity index (χ0) is 24.9. The number of anilines is 2. The minimum absolute atomic E-state index is 0.132. The Morgan fingerprint density at radius 1 is 0.971 bits per heavy atom. The molecule has 0 aliphatic heterocycles. The molecule has 9 heteroatoms. The summed E-state index contributed by atoms with van der Waals surface area (Å²) < 4.78 is 31.1. The van der Waals surface area contributed by atoms with Crippen molar-refractivity contribution in [2.24, 2.45) is 0 Å². The Kier molecular flexibility index (Phi) is 7.96. The monoisotopic (exact) mass is 500 g/mol. The summed E-state index contributed by atoms with van der Waals surface area (Å²) in [6, 6.07) is 18.1. The maximum atomic E-state index is 12.7. The lowest BCUT2D eigenvalue weighted by Gasteiger charge is -2.23. The highest BCUT2D eigenvalue weighted by molar-refractivity contribution is 7.92. The molecular weight excluding hydrogens is 476 g/mol. The molecule has 3 aromatic carbocycles. The van der Waals surface area contributed by atoms with Crippen LogP contribution in [0.2, 0.25) is 5.02 Å². The lowest BCUT2D eigenvalue weighted by molar-refractivity contribution is 0.0526. The number of nitrogens with zero attached hydrogens (tertiary/aromatic N) is 1. The molecule has 0 aliphatic carbocycles. The molecule has 3 rings (SSSR count). The summed E-state index contributed by atoms with van der Waals surface area (Å²) in [7, 11) is -3.57. The molecular formula is C25H25ClN2O5S. The van der Waals surface area contributed by atoms with E-state index in [1.54, 1.807) is 80.6 Å². The van der Waals surface area contributed by atoms with E-state index in [-0.39, 0.29) is 19.1 Å². The summed E-state index contributed by atoms with van der Waals surface area (Å²) in [5, 5.41) is 3.38. The van der Waals surface area contributed by atoms with Gasteiger partial charge in [0.15, 0.2) is 0 Å². The highest BCUT2D eigenvalue weighted by Gasteiger charge is 2.19. The van der Waals surface area contributed by atoms with Gasteiger partial charge in [-0.25, -0.2) is 13.2 Å². The molecule has 7 nitrogen and oxygen atoms in total. The fourth-order valence-electron chi connectivity index (χ4n) is 3.27. The SMILES string of the molecule is CCOC(=O)c1ccc(NC(=O)c2ccc(N(Cc3ccc(Cl)cc3)S(C)(=O)=O)cc2)c(C)c1. The number of aryl methyl sites for hydroxylation is 1. The molecule has 0 radical (unpaired) electrons. The van der Waals surface area contributed by atoms with E-state index in [4.69, 9.17) is 16.3 Å². The van der Waals surface area contributed by atoms with Crippen LogP contribution >= 0.6 is 11.6 Å². The number of rotatable bonds is 8. The third-order valence-electron chi connectivity index (χ3n) is 5.04. The fourth-order valence-corrected chi connectivity index (χ4v) is 4.29. The number of hydrogen-bond acceptors (Lipinski definition) is 5. The number of carbonyl (C=O) groups excluding carboxylic acids is 2. The van der Waals surface area contributed by atoms with Crippen LogP contribution in [0.4, 0.5) is 11.4 Å². The minimum Gasteiger partial charge on any atom is -0.462 e. The molecule has 0 aromatic heterocycles. The van der Waals surface area contributed by atoms with E-state index in [1.165, 1.54) is 4.31 Å². The Hall–Kier alpha value is -3.36. The van der Waals surface area contributed by atoms with Gasteiger partial charge in [-0.1, -0.05) is 23.7 Å².